The number of Topliss-reactive ketones (excluding diaryl/α,β-unsaturated/α-hetero) is 1. The molecule has 0 aliphatic carbocycles. The van der Waals surface area contributed by atoms with Gasteiger partial charge in [0.15, 0.2) is 17.3 Å². The Hall–Kier alpha value is -2.32. The van der Waals surface area contributed by atoms with E-state index in [1.54, 1.807) is 0 Å². The Bertz CT molecular complexity index is 516. The van der Waals surface area contributed by atoms with E-state index in [2.05, 4.69) is 4.74 Å². The normalized spacial score (nSPS) is 11.0. The van der Waals surface area contributed by atoms with Crippen LogP contribution in [0.25, 0.3) is 0 Å². The summed E-state index contributed by atoms with van der Waals surface area (Å²) in [6, 6.07) is 2.58. The number of amides is 1. The van der Waals surface area contributed by atoms with E-state index in [4.69, 9.17) is 5.11 Å². The Morgan fingerprint density at radius 1 is 1.30 bits per heavy atom. The van der Waals surface area contributed by atoms with E-state index in [-0.39, 0.29) is 12.0 Å². The molecule has 0 unspecified atom stereocenters. The summed E-state index contributed by atoms with van der Waals surface area (Å²) in [6.45, 7) is -0.498. The smallest absolute Gasteiger partial charge is 0.465 e. The molecule has 0 bridgehead atoms. The molecule has 0 aliphatic heterocycles. The lowest BCUT2D eigenvalue weighted by Crippen LogP contribution is -2.28. The van der Waals surface area contributed by atoms with Crippen molar-refractivity contribution < 1.29 is 37.0 Å². The van der Waals surface area contributed by atoms with Gasteiger partial charge in [-0.15, -0.1) is 13.2 Å². The lowest BCUT2D eigenvalue weighted by molar-refractivity contribution is -0.275. The molecule has 20 heavy (non-hydrogen) atoms. The molecule has 0 atom stereocenters. The van der Waals surface area contributed by atoms with Crippen LogP contribution in [0, 0.1) is 5.82 Å². The maximum absolute atomic E-state index is 13.1. The fourth-order valence-corrected chi connectivity index (χ4v) is 1.32. The minimum absolute atomic E-state index is 0.0721. The minimum Gasteiger partial charge on any atom is -0.465 e. The summed E-state index contributed by atoms with van der Waals surface area (Å²) >= 11 is 0. The van der Waals surface area contributed by atoms with Crippen LogP contribution in [0.3, 0.4) is 0 Å². The molecule has 1 rings (SSSR count). The summed E-state index contributed by atoms with van der Waals surface area (Å²) < 4.78 is 52.5. The number of ketones is 1. The lowest BCUT2D eigenvalue weighted by Gasteiger charge is -2.11. The third-order valence-corrected chi connectivity index (χ3v) is 2.06. The van der Waals surface area contributed by atoms with E-state index in [0.717, 1.165) is 18.2 Å². The van der Waals surface area contributed by atoms with Crippen molar-refractivity contribution in [2.24, 2.45) is 0 Å². The molecule has 0 saturated heterocycles. The van der Waals surface area contributed by atoms with Gasteiger partial charge in [0.1, 0.15) is 0 Å². The summed E-state index contributed by atoms with van der Waals surface area (Å²) in [5.74, 6) is -2.85. The first-order chi connectivity index (χ1) is 9.17. The SMILES string of the molecule is O=C(CNC(=O)O)Cc1ccc(F)c(OC(F)(F)F)c1. The van der Waals surface area contributed by atoms with Gasteiger partial charge in [-0.1, -0.05) is 6.07 Å². The van der Waals surface area contributed by atoms with Crippen LogP contribution >= 0.6 is 0 Å². The number of nitrogens with one attached hydrogen (secondary N) is 1. The fraction of sp³-hybridized carbons (Fsp3) is 0.273. The molecule has 1 aromatic carbocycles. The number of carboxylic acid groups (broad SMARTS) is 1. The Kier molecular flexibility index (Phi) is 4.89. The number of ether oxygens (including phenoxy) is 1. The molecule has 110 valence electrons. The largest absolute Gasteiger partial charge is 0.573 e. The molecule has 1 amide bonds. The first kappa shape index (κ1) is 15.7. The van der Waals surface area contributed by atoms with E-state index in [1.165, 1.54) is 0 Å². The highest BCUT2D eigenvalue weighted by Gasteiger charge is 2.32. The highest BCUT2D eigenvalue weighted by molar-refractivity contribution is 5.85. The summed E-state index contributed by atoms with van der Waals surface area (Å²) in [4.78, 5) is 21.5. The predicted molar refractivity (Wildman–Crippen MR) is 57.8 cm³/mol. The Morgan fingerprint density at radius 2 is 1.95 bits per heavy atom. The van der Waals surface area contributed by atoms with E-state index in [0.29, 0.717) is 0 Å². The number of hydrogen-bond donors (Lipinski definition) is 2. The van der Waals surface area contributed by atoms with E-state index in [1.807, 2.05) is 5.32 Å². The molecule has 9 heteroatoms. The maximum Gasteiger partial charge on any atom is 0.573 e. The van der Waals surface area contributed by atoms with E-state index in [9.17, 15) is 27.2 Å². The van der Waals surface area contributed by atoms with Crippen LogP contribution in [0.15, 0.2) is 18.2 Å². The average molecular weight is 295 g/mol. The standard InChI is InChI=1S/C11H9F4NO4/c12-8-2-1-6(3-7(17)5-16-10(18)19)4-9(8)20-11(13,14)15/h1-2,4,16H,3,5H2,(H,18,19). The predicted octanol–water partition coefficient (Wildman–Crippen LogP) is 2.10. The van der Waals surface area contributed by atoms with Crippen molar-refractivity contribution in [2.45, 2.75) is 12.8 Å². The number of carbonyl (C=O) groups is 2. The average Bonchev–Trinajstić information content (AvgIpc) is 2.29. The molecule has 0 aromatic heterocycles. The van der Waals surface area contributed by atoms with Crippen LogP contribution in [0.5, 0.6) is 5.75 Å². The second-order valence-electron chi connectivity index (χ2n) is 3.69. The van der Waals surface area contributed by atoms with Crippen LogP contribution in [0.4, 0.5) is 22.4 Å². The molecule has 0 radical (unpaired) electrons. The van der Waals surface area contributed by atoms with Crippen molar-refractivity contribution in [3.8, 4) is 5.75 Å². The highest BCUT2D eigenvalue weighted by atomic mass is 19.4. The van der Waals surface area contributed by atoms with Gasteiger partial charge in [0.05, 0.1) is 6.54 Å². The topological polar surface area (TPSA) is 75.6 Å². The molecular weight excluding hydrogens is 286 g/mol. The van der Waals surface area contributed by atoms with Crippen LogP contribution in [-0.4, -0.2) is 29.9 Å². The molecule has 0 heterocycles. The van der Waals surface area contributed by atoms with Crippen LogP contribution < -0.4 is 10.1 Å². The molecule has 0 saturated carbocycles. The minimum atomic E-state index is -5.05. The maximum atomic E-state index is 13.1. The van der Waals surface area contributed by atoms with Gasteiger partial charge >= 0.3 is 12.5 Å². The molecule has 0 fully saturated rings. The van der Waals surface area contributed by atoms with Crippen molar-refractivity contribution in [1.82, 2.24) is 5.32 Å². The number of alkyl halides is 3. The van der Waals surface area contributed by atoms with E-state index >= 15 is 0 Å². The second-order valence-corrected chi connectivity index (χ2v) is 3.69. The van der Waals surface area contributed by atoms with Crippen LogP contribution in [-0.2, 0) is 11.2 Å². The van der Waals surface area contributed by atoms with Crippen molar-refractivity contribution in [3.63, 3.8) is 0 Å². The monoisotopic (exact) mass is 295 g/mol. The molecule has 1 aromatic rings. The van der Waals surface area contributed by atoms with Gasteiger partial charge in [-0.25, -0.2) is 9.18 Å². The molecule has 0 spiro atoms. The van der Waals surface area contributed by atoms with Gasteiger partial charge in [-0.3, -0.25) is 4.79 Å². The number of carbonyl (C=O) groups excluding carboxylic acids is 1. The first-order valence-electron chi connectivity index (χ1n) is 5.20. The van der Waals surface area contributed by atoms with Gasteiger partial charge < -0.3 is 15.2 Å². The zero-order chi connectivity index (χ0) is 15.3. The Morgan fingerprint density at radius 3 is 2.50 bits per heavy atom. The first-order valence-corrected chi connectivity index (χ1v) is 5.20. The van der Waals surface area contributed by atoms with Gasteiger partial charge in [0.2, 0.25) is 0 Å². The summed E-state index contributed by atoms with van der Waals surface area (Å²) in [5, 5.41) is 10.1. The summed E-state index contributed by atoms with van der Waals surface area (Å²) in [6.07, 6.45) is -6.80. The zero-order valence-corrected chi connectivity index (χ0v) is 9.83. The van der Waals surface area contributed by atoms with Gasteiger partial charge in [0, 0.05) is 6.42 Å². The number of rotatable bonds is 5. The number of benzene rings is 1. The van der Waals surface area contributed by atoms with Gasteiger partial charge in [0.25, 0.3) is 0 Å². The van der Waals surface area contributed by atoms with Crippen molar-refractivity contribution in [3.05, 3.63) is 29.6 Å². The zero-order valence-electron chi connectivity index (χ0n) is 9.83. The Balaban J connectivity index is 2.74. The highest BCUT2D eigenvalue weighted by Crippen LogP contribution is 2.26. The van der Waals surface area contributed by atoms with Crippen molar-refractivity contribution in [1.29, 1.82) is 0 Å². The number of halogens is 4. The lowest BCUT2D eigenvalue weighted by atomic mass is 10.1. The fourth-order valence-electron chi connectivity index (χ4n) is 1.32. The van der Waals surface area contributed by atoms with Crippen molar-refractivity contribution in [2.75, 3.05) is 6.54 Å². The molecule has 5 nitrogen and oxygen atoms in total. The molecular formula is C11H9F4NO4. The summed E-state index contributed by atoms with van der Waals surface area (Å²) in [7, 11) is 0. The van der Waals surface area contributed by atoms with Gasteiger partial charge in [-0.05, 0) is 17.7 Å². The molecule has 2 N–H and O–H groups in total. The number of hydrogen-bond acceptors (Lipinski definition) is 3. The van der Waals surface area contributed by atoms with Crippen LogP contribution in [0.1, 0.15) is 5.56 Å². The molecule has 0 aliphatic rings. The third kappa shape index (κ3) is 5.55. The second kappa shape index (κ2) is 6.22. The van der Waals surface area contributed by atoms with Gasteiger partial charge in [-0.2, -0.15) is 0 Å². The quantitative estimate of drug-likeness (QED) is 0.816. The Labute approximate surface area is 110 Å². The summed E-state index contributed by atoms with van der Waals surface area (Å²) in [5.41, 5.74) is 0.0721. The van der Waals surface area contributed by atoms with Crippen LogP contribution in [0.2, 0.25) is 0 Å². The van der Waals surface area contributed by atoms with E-state index < -0.39 is 36.4 Å². The van der Waals surface area contributed by atoms with Crippen molar-refractivity contribution >= 4 is 11.9 Å². The third-order valence-electron chi connectivity index (χ3n) is 2.06.